The van der Waals surface area contributed by atoms with Crippen LogP contribution in [0.1, 0.15) is 47.2 Å². The monoisotopic (exact) mass is 287 g/mol. The van der Waals surface area contributed by atoms with Crippen LogP contribution in [0.25, 0.3) is 6.08 Å². The van der Waals surface area contributed by atoms with E-state index in [0.29, 0.717) is 11.6 Å². The van der Waals surface area contributed by atoms with Gasteiger partial charge in [0, 0.05) is 24.7 Å². The van der Waals surface area contributed by atoms with Crippen molar-refractivity contribution in [2.45, 2.75) is 38.6 Å². The molecular formula is C17H21NO3. The molecule has 0 spiro atoms. The summed E-state index contributed by atoms with van der Waals surface area (Å²) in [5.74, 6) is -0.973. The van der Waals surface area contributed by atoms with Gasteiger partial charge in [0.15, 0.2) is 0 Å². The summed E-state index contributed by atoms with van der Waals surface area (Å²) in [4.78, 5) is 25.1. The standard InChI is InChI=1S/C17H21NO3/c1-12-13(10-11-16(19)20)6-5-9-15(12)17(21)18(2)14-7-3-4-8-14/h5-6,9-11,14H,3-4,7-8H2,1-2H3,(H,19,20). The van der Waals surface area contributed by atoms with Gasteiger partial charge in [-0.2, -0.15) is 0 Å². The summed E-state index contributed by atoms with van der Waals surface area (Å²) < 4.78 is 0. The smallest absolute Gasteiger partial charge is 0.328 e. The molecule has 0 heterocycles. The SMILES string of the molecule is Cc1c(C=CC(=O)O)cccc1C(=O)N(C)C1CCCC1. The summed E-state index contributed by atoms with van der Waals surface area (Å²) in [5.41, 5.74) is 2.24. The van der Waals surface area contributed by atoms with Crippen molar-refractivity contribution in [1.29, 1.82) is 0 Å². The summed E-state index contributed by atoms with van der Waals surface area (Å²) >= 11 is 0. The number of carboxylic acid groups (broad SMARTS) is 1. The topological polar surface area (TPSA) is 57.6 Å². The number of amides is 1. The molecule has 1 saturated carbocycles. The Kier molecular flexibility index (Phi) is 4.78. The first-order valence-electron chi connectivity index (χ1n) is 7.28. The molecule has 4 nitrogen and oxygen atoms in total. The third kappa shape index (κ3) is 3.51. The normalized spacial score (nSPS) is 15.5. The molecular weight excluding hydrogens is 266 g/mol. The Morgan fingerprint density at radius 2 is 1.95 bits per heavy atom. The highest BCUT2D eigenvalue weighted by molar-refractivity contribution is 5.97. The quantitative estimate of drug-likeness (QED) is 0.866. The minimum absolute atomic E-state index is 0.0185. The molecule has 4 heteroatoms. The fourth-order valence-electron chi connectivity index (χ4n) is 2.87. The number of carboxylic acids is 1. The van der Waals surface area contributed by atoms with Crippen molar-refractivity contribution in [3.8, 4) is 0 Å². The van der Waals surface area contributed by atoms with Gasteiger partial charge < -0.3 is 10.0 Å². The molecule has 0 unspecified atom stereocenters. The Balaban J connectivity index is 2.24. The van der Waals surface area contributed by atoms with Gasteiger partial charge in [0.05, 0.1) is 0 Å². The van der Waals surface area contributed by atoms with E-state index < -0.39 is 5.97 Å². The third-order valence-corrected chi connectivity index (χ3v) is 4.20. The number of hydrogen-bond acceptors (Lipinski definition) is 2. The lowest BCUT2D eigenvalue weighted by molar-refractivity contribution is -0.131. The van der Waals surface area contributed by atoms with Crippen LogP contribution in [-0.2, 0) is 4.79 Å². The predicted molar refractivity (Wildman–Crippen MR) is 82.2 cm³/mol. The number of benzene rings is 1. The van der Waals surface area contributed by atoms with Crippen molar-refractivity contribution in [2.24, 2.45) is 0 Å². The lowest BCUT2D eigenvalue weighted by Gasteiger charge is -2.25. The van der Waals surface area contributed by atoms with Crippen LogP contribution in [0.4, 0.5) is 0 Å². The van der Waals surface area contributed by atoms with Crippen LogP contribution in [0, 0.1) is 6.92 Å². The average Bonchev–Trinajstić information content (AvgIpc) is 2.98. The summed E-state index contributed by atoms with van der Waals surface area (Å²) in [6.07, 6.45) is 7.13. The lowest BCUT2D eigenvalue weighted by Crippen LogP contribution is -2.35. The van der Waals surface area contributed by atoms with E-state index in [2.05, 4.69) is 0 Å². The Morgan fingerprint density at radius 3 is 2.57 bits per heavy atom. The highest BCUT2D eigenvalue weighted by atomic mass is 16.4. The second-order valence-corrected chi connectivity index (χ2v) is 5.55. The van der Waals surface area contributed by atoms with Gasteiger partial charge in [0.1, 0.15) is 0 Å². The Bertz CT molecular complexity index is 571. The number of aliphatic carboxylic acids is 1. The summed E-state index contributed by atoms with van der Waals surface area (Å²) in [5, 5.41) is 8.71. The number of rotatable bonds is 4. The zero-order valence-electron chi connectivity index (χ0n) is 12.5. The van der Waals surface area contributed by atoms with E-state index in [-0.39, 0.29) is 5.91 Å². The molecule has 1 N–H and O–H groups in total. The molecule has 0 bridgehead atoms. The second kappa shape index (κ2) is 6.57. The molecule has 1 aromatic carbocycles. The zero-order valence-corrected chi connectivity index (χ0v) is 12.5. The number of carbonyl (C=O) groups excluding carboxylic acids is 1. The first-order valence-corrected chi connectivity index (χ1v) is 7.28. The maximum atomic E-state index is 12.6. The Labute approximate surface area is 125 Å². The Hall–Kier alpha value is -2.10. The average molecular weight is 287 g/mol. The highest BCUT2D eigenvalue weighted by Gasteiger charge is 2.25. The van der Waals surface area contributed by atoms with Gasteiger partial charge >= 0.3 is 5.97 Å². The molecule has 0 atom stereocenters. The van der Waals surface area contributed by atoms with Crippen LogP contribution >= 0.6 is 0 Å². The van der Waals surface area contributed by atoms with Crippen LogP contribution in [0.5, 0.6) is 0 Å². The van der Waals surface area contributed by atoms with Gasteiger partial charge in [-0.1, -0.05) is 25.0 Å². The first-order chi connectivity index (χ1) is 10.0. The van der Waals surface area contributed by atoms with Gasteiger partial charge in [-0.15, -0.1) is 0 Å². The molecule has 0 aromatic heterocycles. The molecule has 21 heavy (non-hydrogen) atoms. The molecule has 0 radical (unpaired) electrons. The summed E-state index contributed by atoms with van der Waals surface area (Å²) in [6, 6.07) is 5.75. The van der Waals surface area contributed by atoms with Gasteiger partial charge in [-0.05, 0) is 43.0 Å². The van der Waals surface area contributed by atoms with E-state index in [1.54, 1.807) is 12.1 Å². The van der Waals surface area contributed by atoms with E-state index >= 15 is 0 Å². The molecule has 1 amide bonds. The van der Waals surface area contributed by atoms with Gasteiger partial charge in [0.2, 0.25) is 0 Å². The van der Waals surface area contributed by atoms with Crippen molar-refractivity contribution >= 4 is 18.0 Å². The molecule has 1 aliphatic rings. The molecule has 0 saturated heterocycles. The van der Waals surface area contributed by atoms with Crippen molar-refractivity contribution in [3.05, 3.63) is 41.0 Å². The van der Waals surface area contributed by atoms with Crippen LogP contribution in [-0.4, -0.2) is 35.0 Å². The summed E-state index contributed by atoms with van der Waals surface area (Å²) in [7, 11) is 1.86. The highest BCUT2D eigenvalue weighted by Crippen LogP contribution is 2.25. The van der Waals surface area contributed by atoms with Gasteiger partial charge in [-0.25, -0.2) is 4.79 Å². The molecule has 1 aromatic rings. The Morgan fingerprint density at radius 1 is 1.29 bits per heavy atom. The maximum Gasteiger partial charge on any atom is 0.328 e. The molecule has 1 fully saturated rings. The largest absolute Gasteiger partial charge is 0.478 e. The van der Waals surface area contributed by atoms with E-state index in [1.165, 1.54) is 18.9 Å². The van der Waals surface area contributed by atoms with Gasteiger partial charge in [0.25, 0.3) is 5.91 Å². The number of nitrogens with zero attached hydrogens (tertiary/aromatic N) is 1. The first kappa shape index (κ1) is 15.3. The predicted octanol–water partition coefficient (Wildman–Crippen LogP) is 3.11. The van der Waals surface area contributed by atoms with Crippen LogP contribution in [0.3, 0.4) is 0 Å². The number of hydrogen-bond donors (Lipinski definition) is 1. The molecule has 0 aliphatic heterocycles. The van der Waals surface area contributed by atoms with Crippen LogP contribution in [0.15, 0.2) is 24.3 Å². The van der Waals surface area contributed by atoms with Crippen molar-refractivity contribution < 1.29 is 14.7 Å². The molecule has 2 rings (SSSR count). The fraction of sp³-hybridized carbons (Fsp3) is 0.412. The minimum atomic E-state index is -0.991. The van der Waals surface area contributed by atoms with E-state index in [4.69, 9.17) is 5.11 Å². The maximum absolute atomic E-state index is 12.6. The third-order valence-electron chi connectivity index (χ3n) is 4.20. The summed E-state index contributed by atoms with van der Waals surface area (Å²) in [6.45, 7) is 1.86. The van der Waals surface area contributed by atoms with E-state index in [0.717, 1.165) is 30.0 Å². The van der Waals surface area contributed by atoms with Gasteiger partial charge in [-0.3, -0.25) is 4.79 Å². The second-order valence-electron chi connectivity index (χ2n) is 5.55. The zero-order chi connectivity index (χ0) is 15.4. The fourth-order valence-corrected chi connectivity index (χ4v) is 2.87. The molecule has 1 aliphatic carbocycles. The van der Waals surface area contributed by atoms with E-state index in [1.807, 2.05) is 24.9 Å². The van der Waals surface area contributed by atoms with Crippen molar-refractivity contribution in [1.82, 2.24) is 4.90 Å². The number of carbonyl (C=O) groups is 2. The molecule has 112 valence electrons. The van der Waals surface area contributed by atoms with Crippen molar-refractivity contribution in [2.75, 3.05) is 7.05 Å². The van der Waals surface area contributed by atoms with Crippen molar-refractivity contribution in [3.63, 3.8) is 0 Å². The van der Waals surface area contributed by atoms with Crippen LogP contribution in [0.2, 0.25) is 0 Å². The van der Waals surface area contributed by atoms with Crippen LogP contribution < -0.4 is 0 Å². The van der Waals surface area contributed by atoms with E-state index in [9.17, 15) is 9.59 Å². The lowest BCUT2D eigenvalue weighted by atomic mass is 10.0. The minimum Gasteiger partial charge on any atom is -0.478 e.